The topological polar surface area (TPSA) is 153 Å². The Morgan fingerprint density at radius 3 is 2.18 bits per heavy atom. The van der Waals surface area contributed by atoms with Crippen LogP contribution in [0.2, 0.25) is 0 Å². The zero-order valence-corrected chi connectivity index (χ0v) is 15.9. The molecule has 144 valence electrons. The molecule has 9 nitrogen and oxygen atoms in total. The molecule has 28 heavy (non-hydrogen) atoms. The maximum atomic E-state index is 10.9. The van der Waals surface area contributed by atoms with Gasteiger partial charge in [0.15, 0.2) is 12.1 Å². The summed E-state index contributed by atoms with van der Waals surface area (Å²) in [5.41, 5.74) is 0.808. The van der Waals surface area contributed by atoms with Crippen LogP contribution in [0, 0.1) is 27.6 Å². The Labute approximate surface area is 160 Å². The van der Waals surface area contributed by atoms with E-state index in [1.807, 2.05) is 26.0 Å². The van der Waals surface area contributed by atoms with Gasteiger partial charge in [0.05, 0.1) is 11.1 Å². The quantitative estimate of drug-likeness (QED) is 0.515. The van der Waals surface area contributed by atoms with E-state index in [0.717, 1.165) is 0 Å². The summed E-state index contributed by atoms with van der Waals surface area (Å²) in [6, 6.07) is 10.7. The first kappa shape index (κ1) is 21.1. The van der Waals surface area contributed by atoms with E-state index in [4.69, 9.17) is 19.3 Å². The molecule has 0 aliphatic rings. The van der Waals surface area contributed by atoms with E-state index in [9.17, 15) is 20.0 Å². The van der Waals surface area contributed by atoms with E-state index >= 15 is 0 Å². The molecule has 0 radical (unpaired) electrons. The lowest BCUT2D eigenvalue weighted by Gasteiger charge is -2.14. The normalized spacial score (nSPS) is 10.8. The van der Waals surface area contributed by atoms with Crippen LogP contribution in [0.25, 0.3) is 0 Å². The van der Waals surface area contributed by atoms with Gasteiger partial charge in [0, 0.05) is 12.1 Å². The van der Waals surface area contributed by atoms with Crippen LogP contribution in [0.4, 0.5) is 5.69 Å². The molecule has 0 amide bonds. The first-order valence-corrected chi connectivity index (χ1v) is 9.79. The summed E-state index contributed by atoms with van der Waals surface area (Å²) in [7, 11) is -4.42. The molecule has 0 aromatic heterocycles. The van der Waals surface area contributed by atoms with Crippen molar-refractivity contribution in [3.8, 4) is 29.4 Å². The van der Waals surface area contributed by atoms with Gasteiger partial charge in [-0.25, -0.2) is 0 Å². The van der Waals surface area contributed by atoms with E-state index in [0.29, 0.717) is 11.3 Å². The number of benzene rings is 2. The van der Waals surface area contributed by atoms with Crippen molar-refractivity contribution in [3.63, 3.8) is 0 Å². The van der Waals surface area contributed by atoms with Crippen molar-refractivity contribution in [2.24, 2.45) is 5.18 Å². The van der Waals surface area contributed by atoms with Crippen molar-refractivity contribution in [2.75, 3.05) is 6.35 Å². The zero-order valence-electron chi connectivity index (χ0n) is 15.0. The average molecular weight is 401 g/mol. The second-order valence-corrected chi connectivity index (χ2v) is 7.67. The molecule has 0 atom stereocenters. The Kier molecular flexibility index (Phi) is 6.50. The van der Waals surface area contributed by atoms with Gasteiger partial charge < -0.3 is 19.3 Å². The van der Waals surface area contributed by atoms with E-state index in [1.54, 1.807) is 6.07 Å². The second-order valence-electron chi connectivity index (χ2n) is 6.08. The molecule has 2 aromatic carbocycles. The molecule has 0 heterocycles. The Hall–Kier alpha value is -3.23. The Morgan fingerprint density at radius 1 is 1.11 bits per heavy atom. The lowest BCUT2D eigenvalue weighted by molar-refractivity contribution is 0.300. The minimum atomic E-state index is -4.42. The number of hydrogen-bond donors (Lipinski definition) is 2. The van der Waals surface area contributed by atoms with E-state index in [1.165, 1.54) is 24.3 Å². The van der Waals surface area contributed by atoms with Crippen LogP contribution >= 0.6 is 7.60 Å². The molecule has 0 aliphatic heterocycles. The first-order valence-electron chi connectivity index (χ1n) is 7.99. The molecule has 2 N–H and O–H groups in total. The maximum absolute atomic E-state index is 10.9. The number of nitroso groups, excluding NO2 is 1. The van der Waals surface area contributed by atoms with Crippen molar-refractivity contribution in [1.82, 2.24) is 0 Å². The molecule has 10 heteroatoms. The van der Waals surface area contributed by atoms with Crippen LogP contribution in [0.3, 0.4) is 0 Å². The predicted octanol–water partition coefficient (Wildman–Crippen LogP) is 4.26. The fraction of sp³-hybridized carbons (Fsp3) is 0.222. The molecular formula is C18H16N3O6P. The largest absolute Gasteiger partial charge is 0.481 e. The van der Waals surface area contributed by atoms with Gasteiger partial charge in [-0.05, 0) is 34.9 Å². The molecule has 2 rings (SSSR count). The van der Waals surface area contributed by atoms with Crippen LogP contribution in [0.5, 0.6) is 17.2 Å². The average Bonchev–Trinajstić information content (AvgIpc) is 2.66. The van der Waals surface area contributed by atoms with Crippen molar-refractivity contribution in [2.45, 2.75) is 19.8 Å². The molecule has 0 bridgehead atoms. The van der Waals surface area contributed by atoms with Crippen LogP contribution in [-0.4, -0.2) is 16.1 Å². The number of nitrogens with zero attached hydrogens (tertiary/aromatic N) is 3. The molecule has 0 saturated heterocycles. The summed E-state index contributed by atoms with van der Waals surface area (Å²) < 4.78 is 21.6. The Balaban J connectivity index is 2.45. The fourth-order valence-electron chi connectivity index (χ4n) is 2.38. The van der Waals surface area contributed by atoms with Crippen molar-refractivity contribution >= 4 is 13.3 Å². The van der Waals surface area contributed by atoms with Crippen molar-refractivity contribution < 1.29 is 23.8 Å². The summed E-state index contributed by atoms with van der Waals surface area (Å²) in [6.07, 6.45) is -0.888. The van der Waals surface area contributed by atoms with Crippen molar-refractivity contribution in [3.05, 3.63) is 51.9 Å². The lowest BCUT2D eigenvalue weighted by atomic mass is 10.0. The molecular weight excluding hydrogens is 385 g/mol. The van der Waals surface area contributed by atoms with E-state index < -0.39 is 13.9 Å². The van der Waals surface area contributed by atoms with Crippen LogP contribution in [0.1, 0.15) is 36.5 Å². The highest BCUT2D eigenvalue weighted by Gasteiger charge is 2.19. The first-order chi connectivity index (χ1) is 13.2. The second kappa shape index (κ2) is 8.64. The third kappa shape index (κ3) is 5.15. The molecule has 0 saturated carbocycles. The van der Waals surface area contributed by atoms with Gasteiger partial charge in [0.1, 0.15) is 29.3 Å². The zero-order chi connectivity index (χ0) is 20.9. The third-order valence-electron chi connectivity index (χ3n) is 3.64. The standard InChI is InChI=1S/C18H16N3O6P/c1-11(2)16-7-14(3-4-17(16)21-22)27-18-12(8-19)5-15(6-13(18)9-20)26-10-28(23,24)25/h3-7,11H,10H2,1-2H3,(H2,23,24,25). The molecule has 0 aliphatic carbocycles. The van der Waals surface area contributed by atoms with Crippen LogP contribution in [0.15, 0.2) is 35.5 Å². The van der Waals surface area contributed by atoms with Gasteiger partial charge in [-0.15, -0.1) is 4.91 Å². The summed E-state index contributed by atoms with van der Waals surface area (Å²) in [5.74, 6) is 0.209. The van der Waals surface area contributed by atoms with Crippen molar-refractivity contribution in [1.29, 1.82) is 10.5 Å². The van der Waals surface area contributed by atoms with Gasteiger partial charge in [0.2, 0.25) is 0 Å². The third-order valence-corrected chi connectivity index (χ3v) is 4.11. The minimum Gasteiger partial charge on any atom is -0.481 e. The van der Waals surface area contributed by atoms with Gasteiger partial charge >= 0.3 is 7.60 Å². The molecule has 0 spiro atoms. The highest BCUT2D eigenvalue weighted by atomic mass is 31.2. The maximum Gasteiger partial charge on any atom is 0.362 e. The Bertz CT molecular complexity index is 998. The van der Waals surface area contributed by atoms with Gasteiger partial charge in [0.25, 0.3) is 0 Å². The smallest absolute Gasteiger partial charge is 0.362 e. The van der Waals surface area contributed by atoms with Gasteiger partial charge in [-0.1, -0.05) is 13.8 Å². The molecule has 0 fully saturated rings. The fourth-order valence-corrected chi connectivity index (χ4v) is 2.70. The van der Waals surface area contributed by atoms with Crippen LogP contribution in [-0.2, 0) is 4.57 Å². The number of ether oxygens (including phenoxy) is 2. The number of rotatable bonds is 7. The number of nitriles is 2. The number of hydrogen-bond acceptors (Lipinski definition) is 7. The monoisotopic (exact) mass is 401 g/mol. The molecule has 2 aromatic rings. The summed E-state index contributed by atoms with van der Waals surface area (Å²) in [5, 5.41) is 21.7. The predicted molar refractivity (Wildman–Crippen MR) is 99.5 cm³/mol. The molecule has 0 unspecified atom stereocenters. The minimum absolute atomic E-state index is 0.00875. The van der Waals surface area contributed by atoms with Crippen LogP contribution < -0.4 is 9.47 Å². The highest BCUT2D eigenvalue weighted by molar-refractivity contribution is 7.51. The SMILES string of the molecule is CC(C)c1cc(Oc2c(C#N)cc(OCP(=O)(O)O)cc2C#N)ccc1N=O. The summed E-state index contributed by atoms with van der Waals surface area (Å²) in [6.45, 7) is 3.75. The summed E-state index contributed by atoms with van der Waals surface area (Å²) >= 11 is 0. The van der Waals surface area contributed by atoms with Gasteiger partial charge in [-0.3, -0.25) is 4.57 Å². The lowest BCUT2D eigenvalue weighted by Crippen LogP contribution is -2.00. The highest BCUT2D eigenvalue weighted by Crippen LogP contribution is 2.38. The Morgan fingerprint density at radius 2 is 1.71 bits per heavy atom. The van der Waals surface area contributed by atoms with Gasteiger partial charge in [-0.2, -0.15) is 10.5 Å². The summed E-state index contributed by atoms with van der Waals surface area (Å²) in [4.78, 5) is 28.7. The van der Waals surface area contributed by atoms with E-state index in [-0.39, 0.29) is 34.2 Å². The van der Waals surface area contributed by atoms with E-state index in [2.05, 4.69) is 5.18 Å².